The zero-order valence-corrected chi connectivity index (χ0v) is 32.0. The lowest BCUT2D eigenvalue weighted by Crippen LogP contribution is -2.11. The lowest BCUT2D eigenvalue weighted by molar-refractivity contribution is 0.668. The highest BCUT2D eigenvalue weighted by molar-refractivity contribution is 6.23. The van der Waals surface area contributed by atoms with E-state index in [0.717, 1.165) is 83.2 Å². The van der Waals surface area contributed by atoms with Crippen molar-refractivity contribution in [1.82, 2.24) is 0 Å². The summed E-state index contributed by atoms with van der Waals surface area (Å²) in [5.74, 6) is 0. The van der Waals surface area contributed by atoms with Crippen LogP contribution in [0.15, 0.2) is 221 Å². The van der Waals surface area contributed by atoms with Gasteiger partial charge in [-0.1, -0.05) is 146 Å². The predicted molar refractivity (Wildman–Crippen MR) is 247 cm³/mol. The molecule has 0 amide bonds. The monoisotopic (exact) mass is 753 g/mol. The van der Waals surface area contributed by atoms with Crippen LogP contribution >= 0.6 is 0 Å². The van der Waals surface area contributed by atoms with E-state index < -0.39 is 0 Å². The Morgan fingerprint density at radius 2 is 0.898 bits per heavy atom. The van der Waals surface area contributed by atoms with Crippen LogP contribution in [-0.4, -0.2) is 0 Å². The average molecular weight is 754 g/mol. The van der Waals surface area contributed by atoms with Crippen molar-refractivity contribution in [2.75, 3.05) is 4.90 Å². The van der Waals surface area contributed by atoms with Crippen molar-refractivity contribution in [3.05, 3.63) is 212 Å². The van der Waals surface area contributed by atoms with Crippen LogP contribution in [0.25, 0.3) is 98.8 Å². The second-order valence-electron chi connectivity index (χ2n) is 15.2. The second-order valence-corrected chi connectivity index (χ2v) is 15.2. The van der Waals surface area contributed by atoms with E-state index in [1.54, 1.807) is 0 Å². The van der Waals surface area contributed by atoms with Crippen LogP contribution in [0.5, 0.6) is 0 Å². The van der Waals surface area contributed by atoms with E-state index in [0.29, 0.717) is 0 Å². The molecule has 0 N–H and O–H groups in total. The molecule has 0 radical (unpaired) electrons. The van der Waals surface area contributed by atoms with Crippen LogP contribution in [0, 0.1) is 0 Å². The van der Waals surface area contributed by atoms with Crippen LogP contribution in [0.3, 0.4) is 0 Å². The SMILES string of the molecule is c1ccc(-c2ccc(N(c3ccc4c(c3)oc3ccccc34)c3ccccc3-c3ccc4oc5ccccc5c4c3-c3cc4ccccc4c4ccccc34)cc2)cc1. The zero-order chi connectivity index (χ0) is 38.9. The molecule has 10 aromatic carbocycles. The molecule has 0 unspecified atom stereocenters. The third-order valence-electron chi connectivity index (χ3n) is 11.9. The van der Waals surface area contributed by atoms with Crippen LogP contribution in [-0.2, 0) is 0 Å². The normalized spacial score (nSPS) is 11.7. The number of anilines is 3. The summed E-state index contributed by atoms with van der Waals surface area (Å²) >= 11 is 0. The Morgan fingerprint density at radius 1 is 0.305 bits per heavy atom. The molecule has 2 aromatic heterocycles. The zero-order valence-electron chi connectivity index (χ0n) is 32.0. The highest BCUT2D eigenvalue weighted by Gasteiger charge is 2.24. The van der Waals surface area contributed by atoms with Gasteiger partial charge in [-0.2, -0.15) is 0 Å². The summed E-state index contributed by atoms with van der Waals surface area (Å²) in [5.41, 5.74) is 13.5. The van der Waals surface area contributed by atoms with Gasteiger partial charge in [0.05, 0.1) is 5.69 Å². The fourth-order valence-corrected chi connectivity index (χ4v) is 9.19. The lowest BCUT2D eigenvalue weighted by Gasteiger charge is -2.29. The Balaban J connectivity index is 1.15. The summed E-state index contributed by atoms with van der Waals surface area (Å²) in [6, 6.07) is 75.8. The molecule has 0 aliphatic carbocycles. The lowest BCUT2D eigenvalue weighted by atomic mass is 9.86. The van der Waals surface area contributed by atoms with Gasteiger partial charge in [0.1, 0.15) is 22.3 Å². The van der Waals surface area contributed by atoms with Crippen molar-refractivity contribution >= 4 is 82.5 Å². The molecule has 59 heavy (non-hydrogen) atoms. The van der Waals surface area contributed by atoms with Crippen molar-refractivity contribution in [3.8, 4) is 33.4 Å². The van der Waals surface area contributed by atoms with Crippen molar-refractivity contribution in [1.29, 1.82) is 0 Å². The minimum atomic E-state index is 0.849. The number of furan rings is 2. The molecule has 0 fully saturated rings. The molecule has 0 bridgehead atoms. The molecule has 0 atom stereocenters. The quantitative estimate of drug-likeness (QED) is 0.158. The predicted octanol–water partition coefficient (Wildman–Crippen LogP) is 16.3. The molecule has 12 rings (SSSR count). The fraction of sp³-hybridized carbons (Fsp3) is 0. The molecule has 3 nitrogen and oxygen atoms in total. The average Bonchev–Trinajstić information content (AvgIpc) is 3.88. The number of benzene rings is 10. The largest absolute Gasteiger partial charge is 0.456 e. The van der Waals surface area contributed by atoms with E-state index in [9.17, 15) is 0 Å². The van der Waals surface area contributed by atoms with Crippen molar-refractivity contribution in [3.63, 3.8) is 0 Å². The van der Waals surface area contributed by atoms with Gasteiger partial charge in [0, 0.05) is 50.1 Å². The minimum Gasteiger partial charge on any atom is -0.456 e. The van der Waals surface area contributed by atoms with E-state index in [4.69, 9.17) is 8.83 Å². The maximum absolute atomic E-state index is 6.61. The molecule has 3 heteroatoms. The minimum absolute atomic E-state index is 0.849. The summed E-state index contributed by atoms with van der Waals surface area (Å²) in [4.78, 5) is 2.37. The third kappa shape index (κ3) is 5.36. The summed E-state index contributed by atoms with van der Waals surface area (Å²) in [7, 11) is 0. The van der Waals surface area contributed by atoms with Gasteiger partial charge in [0.2, 0.25) is 0 Å². The van der Waals surface area contributed by atoms with Crippen molar-refractivity contribution in [2.24, 2.45) is 0 Å². The van der Waals surface area contributed by atoms with Gasteiger partial charge in [0.25, 0.3) is 0 Å². The number of rotatable bonds is 6. The number of hydrogen-bond donors (Lipinski definition) is 0. The first-order chi connectivity index (χ1) is 29.3. The van der Waals surface area contributed by atoms with E-state index >= 15 is 0 Å². The third-order valence-corrected chi connectivity index (χ3v) is 11.9. The van der Waals surface area contributed by atoms with Gasteiger partial charge >= 0.3 is 0 Å². The molecule has 2 heterocycles. The van der Waals surface area contributed by atoms with Gasteiger partial charge in [0.15, 0.2) is 0 Å². The van der Waals surface area contributed by atoms with Crippen LogP contribution in [0.2, 0.25) is 0 Å². The van der Waals surface area contributed by atoms with Crippen molar-refractivity contribution < 1.29 is 8.83 Å². The summed E-state index contributed by atoms with van der Waals surface area (Å²) in [6.07, 6.45) is 0. The fourth-order valence-electron chi connectivity index (χ4n) is 9.19. The van der Waals surface area contributed by atoms with Gasteiger partial charge in [-0.3, -0.25) is 0 Å². The van der Waals surface area contributed by atoms with Gasteiger partial charge in [-0.05, 0) is 104 Å². The van der Waals surface area contributed by atoms with Crippen LogP contribution in [0.4, 0.5) is 17.1 Å². The Labute approximate surface area is 340 Å². The molecular formula is C56H35NO2. The topological polar surface area (TPSA) is 29.5 Å². The molecule has 12 aromatic rings. The van der Waals surface area contributed by atoms with Gasteiger partial charge in [-0.25, -0.2) is 0 Å². The standard InChI is InChI=1S/C56H35NO2/c1-2-14-36(15-3-1)37-26-28-39(29-27-37)57(40-30-31-46-45-21-9-12-24-51(45)59-54(46)35-40)50-23-11-8-20-44(50)47-32-33-53-56(48-22-10-13-25-52(48)58-53)55(47)49-34-38-16-4-5-17-41(38)42-18-6-7-19-43(42)49/h1-35H. The molecule has 276 valence electrons. The molecule has 0 saturated carbocycles. The van der Waals surface area contributed by atoms with Crippen LogP contribution in [0.1, 0.15) is 0 Å². The van der Waals surface area contributed by atoms with E-state index in [1.165, 1.54) is 32.7 Å². The molecular weight excluding hydrogens is 719 g/mol. The highest BCUT2D eigenvalue weighted by Crippen LogP contribution is 2.50. The first-order valence-electron chi connectivity index (χ1n) is 20.1. The summed E-state index contributed by atoms with van der Waals surface area (Å²) in [5, 5.41) is 9.28. The summed E-state index contributed by atoms with van der Waals surface area (Å²) < 4.78 is 13.1. The Morgan fingerprint density at radius 3 is 1.73 bits per heavy atom. The first-order valence-corrected chi connectivity index (χ1v) is 20.1. The second kappa shape index (κ2) is 13.4. The number of fused-ring (bicyclic) bond motifs is 9. The van der Waals surface area contributed by atoms with E-state index in [2.05, 4.69) is 199 Å². The number of para-hydroxylation sites is 3. The van der Waals surface area contributed by atoms with Gasteiger partial charge < -0.3 is 13.7 Å². The first kappa shape index (κ1) is 33.3. The summed E-state index contributed by atoms with van der Waals surface area (Å²) in [6.45, 7) is 0. The molecule has 0 aliphatic rings. The molecule has 0 aliphatic heterocycles. The smallest absolute Gasteiger partial charge is 0.137 e. The van der Waals surface area contributed by atoms with E-state index in [1.807, 2.05) is 18.2 Å². The van der Waals surface area contributed by atoms with Crippen molar-refractivity contribution in [2.45, 2.75) is 0 Å². The van der Waals surface area contributed by atoms with E-state index in [-0.39, 0.29) is 0 Å². The van der Waals surface area contributed by atoms with Crippen LogP contribution < -0.4 is 4.90 Å². The number of hydrogen-bond acceptors (Lipinski definition) is 3. The maximum Gasteiger partial charge on any atom is 0.137 e. The Bertz CT molecular complexity index is 3560. The highest BCUT2D eigenvalue weighted by atomic mass is 16.3. The van der Waals surface area contributed by atoms with Gasteiger partial charge in [-0.15, -0.1) is 0 Å². The maximum atomic E-state index is 6.61. The number of nitrogens with zero attached hydrogens (tertiary/aromatic N) is 1. The Hall–Kier alpha value is -7.88. The molecule has 0 spiro atoms. The Kier molecular flexibility index (Phi) is 7.54. The molecule has 0 saturated heterocycles.